The van der Waals surface area contributed by atoms with Crippen LogP contribution in [-0.2, 0) is 41.7 Å². The predicted octanol–water partition coefficient (Wildman–Crippen LogP) is 12.2. The van der Waals surface area contributed by atoms with Gasteiger partial charge in [0.1, 0.15) is 45.6 Å². The summed E-state index contributed by atoms with van der Waals surface area (Å²) in [6, 6.07) is 65.9. The fourth-order valence-corrected chi connectivity index (χ4v) is 13.2. The molecular weight excluding hydrogens is 1070 g/mol. The van der Waals surface area contributed by atoms with E-state index in [9.17, 15) is 9.59 Å². The van der Waals surface area contributed by atoms with Crippen molar-refractivity contribution in [2.75, 3.05) is 24.7 Å². The summed E-state index contributed by atoms with van der Waals surface area (Å²) in [6.45, 7) is -0.000500. The van der Waals surface area contributed by atoms with Crippen LogP contribution in [0.3, 0.4) is 0 Å². The fraction of sp³-hybridized carbons (Fsp3) is 0.143. The van der Waals surface area contributed by atoms with Crippen LogP contribution in [0.4, 0.5) is 5.13 Å². The number of rotatable bonds is 19. The van der Waals surface area contributed by atoms with Crippen molar-refractivity contribution in [3.05, 3.63) is 278 Å². The van der Waals surface area contributed by atoms with E-state index >= 15 is 4.79 Å². The molecule has 9 aromatic rings. The molecule has 7 aromatic carbocycles. The van der Waals surface area contributed by atoms with Gasteiger partial charge in [-0.05, 0) is 40.5 Å². The number of nitrogens with one attached hydrogen (secondary N) is 2. The molecular formula is C63H51ClN6O6S3. The van der Waals surface area contributed by atoms with Crippen molar-refractivity contribution in [2.24, 2.45) is 10.6 Å². The predicted molar refractivity (Wildman–Crippen MR) is 313 cm³/mol. The number of hydrogen-bond donors (Lipinski definition) is 2. The molecule has 394 valence electrons. The molecule has 0 aliphatic carbocycles. The summed E-state index contributed by atoms with van der Waals surface area (Å²) >= 11 is 10.4. The van der Waals surface area contributed by atoms with Crippen molar-refractivity contribution < 1.29 is 28.7 Å². The summed E-state index contributed by atoms with van der Waals surface area (Å²) in [5.41, 5.74) is 4.06. The first-order valence-corrected chi connectivity index (χ1v) is 28.5. The molecule has 2 aromatic heterocycles. The average Bonchev–Trinajstić information content (AvgIpc) is 4.29. The zero-order chi connectivity index (χ0) is 54.2. The number of ether oxygens (including phenoxy) is 2. The van der Waals surface area contributed by atoms with Crippen LogP contribution in [-0.4, -0.2) is 69.2 Å². The Balaban J connectivity index is 0.953. The summed E-state index contributed by atoms with van der Waals surface area (Å²) in [4.78, 5) is 62.8. The molecule has 79 heavy (non-hydrogen) atoms. The van der Waals surface area contributed by atoms with Gasteiger partial charge in [0.2, 0.25) is 11.5 Å². The van der Waals surface area contributed by atoms with Crippen molar-refractivity contribution in [3.8, 4) is 5.75 Å². The minimum absolute atomic E-state index is 0.00431. The van der Waals surface area contributed by atoms with Crippen LogP contribution in [0.15, 0.2) is 228 Å². The average molecular weight is 1120 g/mol. The molecule has 2 fully saturated rings. The number of nitrogens with zero attached hydrogens (tertiary/aromatic N) is 4. The van der Waals surface area contributed by atoms with Crippen molar-refractivity contribution in [1.29, 1.82) is 0 Å². The molecule has 0 saturated carbocycles. The Morgan fingerprint density at radius 2 is 1.25 bits per heavy atom. The first kappa shape index (κ1) is 52.7. The van der Waals surface area contributed by atoms with Gasteiger partial charge in [0.05, 0.1) is 17.5 Å². The third-order valence-corrected chi connectivity index (χ3v) is 17.6. The van der Waals surface area contributed by atoms with Crippen LogP contribution in [0.25, 0.3) is 6.08 Å². The third-order valence-electron chi connectivity index (χ3n) is 14.1. The number of fused-ring (bicyclic) bond motifs is 1. The van der Waals surface area contributed by atoms with E-state index < -0.39 is 39.8 Å². The lowest BCUT2D eigenvalue weighted by Gasteiger charge is -2.53. The highest BCUT2D eigenvalue weighted by molar-refractivity contribution is 8.00. The van der Waals surface area contributed by atoms with Gasteiger partial charge in [-0.2, -0.15) is 0 Å². The lowest BCUT2D eigenvalue weighted by Crippen LogP contribution is -2.73. The maximum Gasteiger partial charge on any atom is 0.318 e. The maximum absolute atomic E-state index is 15.3. The van der Waals surface area contributed by atoms with E-state index in [2.05, 4.69) is 52.0 Å². The van der Waals surface area contributed by atoms with Crippen LogP contribution >= 0.6 is 46.0 Å². The zero-order valence-electron chi connectivity index (χ0n) is 42.6. The number of halogens is 1. The highest BCUT2D eigenvalue weighted by Crippen LogP contribution is 2.46. The first-order valence-electron chi connectivity index (χ1n) is 25.4. The van der Waals surface area contributed by atoms with Crippen LogP contribution in [0.2, 0.25) is 5.15 Å². The summed E-state index contributed by atoms with van der Waals surface area (Å²) in [7, 11) is 1.59. The van der Waals surface area contributed by atoms with E-state index in [1.54, 1.807) is 47.2 Å². The molecule has 0 bridgehead atoms. The number of anilines is 1. The highest BCUT2D eigenvalue weighted by Gasteiger charge is 2.57. The molecule has 12 nitrogen and oxygen atoms in total. The number of amides is 2. The number of benzene rings is 7. The summed E-state index contributed by atoms with van der Waals surface area (Å²) in [5, 5.41) is 13.8. The van der Waals surface area contributed by atoms with Crippen LogP contribution in [0.1, 0.15) is 49.5 Å². The topological polar surface area (TPSA) is 144 Å². The molecule has 0 spiro atoms. The number of hydrogen-bond acceptors (Lipinski definition) is 13. The summed E-state index contributed by atoms with van der Waals surface area (Å²) in [6.07, 6.45) is 3.50. The SMILES string of the molecule is COc1ccc(COC(=O)C2(C=Cc3scnc3Cl)CS[C@@H]3C(NC(=O)C(=NOC(c4ccccc4)(c4ccccc4)c4ccccc4)c4csc(NC(c5ccccc5)(c5ccccc5)c5ccccc5)n4)C(=O)N3C2)cc1. The number of aromatic nitrogens is 2. The van der Waals surface area contributed by atoms with Gasteiger partial charge in [-0.3, -0.25) is 14.4 Å². The molecule has 2 unspecified atom stereocenters. The highest BCUT2D eigenvalue weighted by atomic mass is 35.5. The monoisotopic (exact) mass is 1120 g/mol. The Morgan fingerprint density at radius 1 is 0.734 bits per heavy atom. The summed E-state index contributed by atoms with van der Waals surface area (Å²) in [5.74, 6) is -0.675. The number of esters is 1. The third kappa shape index (κ3) is 10.6. The minimum Gasteiger partial charge on any atom is -0.497 e. The van der Waals surface area contributed by atoms with E-state index in [1.807, 2.05) is 158 Å². The molecule has 16 heteroatoms. The van der Waals surface area contributed by atoms with Crippen LogP contribution < -0.4 is 15.4 Å². The normalized spacial score (nSPS) is 17.3. The van der Waals surface area contributed by atoms with E-state index in [1.165, 1.54) is 34.4 Å². The Kier molecular flexibility index (Phi) is 15.6. The molecule has 2 aliphatic heterocycles. The number of methoxy groups -OCH3 is 1. The van der Waals surface area contributed by atoms with Gasteiger partial charge >= 0.3 is 5.97 Å². The molecule has 11 rings (SSSR count). The van der Waals surface area contributed by atoms with Gasteiger partial charge < -0.3 is 29.8 Å². The summed E-state index contributed by atoms with van der Waals surface area (Å²) < 4.78 is 11.3. The minimum atomic E-state index is -1.36. The molecule has 2 amide bonds. The van der Waals surface area contributed by atoms with Gasteiger partial charge in [0, 0.05) is 34.4 Å². The molecule has 3 atom stereocenters. The molecule has 2 N–H and O–H groups in total. The molecule has 4 heterocycles. The Bertz CT molecular complexity index is 3420. The lowest BCUT2D eigenvalue weighted by atomic mass is 9.77. The second-order valence-corrected chi connectivity index (χ2v) is 22.1. The van der Waals surface area contributed by atoms with Crippen molar-refractivity contribution in [1.82, 2.24) is 20.2 Å². The number of oxime groups is 1. The van der Waals surface area contributed by atoms with E-state index in [0.717, 1.165) is 38.9 Å². The fourth-order valence-electron chi connectivity index (χ4n) is 10.1. The smallest absolute Gasteiger partial charge is 0.318 e. The Morgan fingerprint density at radius 3 is 1.75 bits per heavy atom. The number of carbonyl (C=O) groups is 3. The van der Waals surface area contributed by atoms with E-state index in [-0.39, 0.29) is 36.2 Å². The van der Waals surface area contributed by atoms with Crippen molar-refractivity contribution >= 4 is 80.7 Å². The number of thioether (sulfide) groups is 1. The molecule has 0 radical (unpaired) electrons. The van der Waals surface area contributed by atoms with Crippen molar-refractivity contribution in [2.45, 2.75) is 29.2 Å². The second-order valence-electron chi connectivity index (χ2n) is 18.9. The Hall–Kier alpha value is -8.34. The number of β-lactam (4-membered cyclic amide) rings is 1. The van der Waals surface area contributed by atoms with Gasteiger partial charge in [-0.25, -0.2) is 9.97 Å². The van der Waals surface area contributed by atoms with Crippen LogP contribution in [0.5, 0.6) is 5.75 Å². The second kappa shape index (κ2) is 23.3. The molecule has 2 saturated heterocycles. The van der Waals surface area contributed by atoms with Gasteiger partial charge in [0.15, 0.2) is 10.8 Å². The first-order chi connectivity index (χ1) is 38.7. The number of carbonyl (C=O) groups excluding carboxylic acids is 3. The number of thiazole rings is 2. The molecule has 2 aliphatic rings. The van der Waals surface area contributed by atoms with E-state index in [4.69, 9.17) is 36.1 Å². The largest absolute Gasteiger partial charge is 0.497 e. The lowest BCUT2D eigenvalue weighted by molar-refractivity contribution is -0.160. The Labute approximate surface area is 474 Å². The van der Waals surface area contributed by atoms with Crippen molar-refractivity contribution in [3.63, 3.8) is 0 Å². The maximum atomic E-state index is 15.3. The van der Waals surface area contributed by atoms with Gasteiger partial charge in [-0.1, -0.05) is 217 Å². The zero-order valence-corrected chi connectivity index (χ0v) is 45.8. The van der Waals surface area contributed by atoms with E-state index in [0.29, 0.717) is 20.9 Å². The van der Waals surface area contributed by atoms with Gasteiger partial charge in [-0.15, -0.1) is 34.4 Å². The van der Waals surface area contributed by atoms with Crippen LogP contribution in [0, 0.1) is 5.41 Å². The standard InChI is InChI=1S/C63H51ClN6O6S3/c1-74-50-34-32-43(33-35-50)38-75-59(73)61(37-36-52-55(64)65-42-79-52)40-70-57(72)54(58(70)78-41-61)67-56(71)53(69-76-63(47-26-14-5-15-27-47,48-28-16-6-17-29-48)49-30-18-7-19-31-49)51-39-77-60(66-51)68-62(44-20-8-2-9-21-44,45-22-10-3-11-23-45)46-24-12-4-13-25-46/h2-37,39,42,54,58H,38,40-41H2,1H3,(H,66,68)(H,67,71)/t54?,58-,61?/m1/s1. The van der Waals surface area contributed by atoms with Gasteiger partial charge in [0.25, 0.3) is 5.91 Å². The quantitative estimate of drug-likeness (QED) is 0.0264.